The number of carbonyl (C=O) groups excluding carboxylic acids is 1. The van der Waals surface area contributed by atoms with Crippen molar-refractivity contribution < 1.29 is 14.3 Å². The quantitative estimate of drug-likeness (QED) is 0.647. The van der Waals surface area contributed by atoms with Crippen molar-refractivity contribution in [1.29, 1.82) is 0 Å². The maximum atomic E-state index is 12.7. The van der Waals surface area contributed by atoms with Crippen molar-refractivity contribution in [2.24, 2.45) is 0 Å². The van der Waals surface area contributed by atoms with Gasteiger partial charge in [-0.15, -0.1) is 0 Å². The summed E-state index contributed by atoms with van der Waals surface area (Å²) < 4.78 is 11.7. The smallest absolute Gasteiger partial charge is 0.256 e. The number of anilines is 1. The van der Waals surface area contributed by atoms with Crippen molar-refractivity contribution in [2.45, 2.75) is 78.9 Å². The lowest BCUT2D eigenvalue weighted by Gasteiger charge is -2.28. The summed E-state index contributed by atoms with van der Waals surface area (Å²) in [7, 11) is 0. The lowest BCUT2D eigenvalue weighted by atomic mass is 9.98. The number of aryl methyl sites for hydroxylation is 1. The third-order valence-corrected chi connectivity index (χ3v) is 4.17. The van der Waals surface area contributed by atoms with E-state index in [9.17, 15) is 4.79 Å². The molecule has 1 rings (SSSR count). The minimum absolute atomic E-state index is 0.0900. The van der Waals surface area contributed by atoms with Gasteiger partial charge in [0, 0.05) is 12.3 Å². The Morgan fingerprint density at radius 3 is 2.50 bits per heavy atom. The van der Waals surface area contributed by atoms with Crippen LogP contribution in [0.4, 0.5) is 5.69 Å². The van der Waals surface area contributed by atoms with Gasteiger partial charge in [0.1, 0.15) is 11.4 Å². The Morgan fingerprint density at radius 2 is 1.96 bits per heavy atom. The molecule has 24 heavy (non-hydrogen) atoms. The highest BCUT2D eigenvalue weighted by molar-refractivity contribution is 5.97. The molecule has 0 fully saturated rings. The first-order chi connectivity index (χ1) is 11.4. The van der Waals surface area contributed by atoms with E-state index in [1.807, 2.05) is 39.0 Å². The SMILES string of the molecule is CCCOC(C)(CCC)C(=O)Nc1ccc(OC(C)CC)c(C)c1. The Bertz CT molecular complexity index is 530. The summed E-state index contributed by atoms with van der Waals surface area (Å²) >= 11 is 0. The minimum Gasteiger partial charge on any atom is -0.490 e. The van der Waals surface area contributed by atoms with Crippen molar-refractivity contribution in [2.75, 3.05) is 11.9 Å². The Kier molecular flexibility index (Phi) is 8.26. The summed E-state index contributed by atoms with van der Waals surface area (Å²) in [6, 6.07) is 5.75. The predicted molar refractivity (Wildman–Crippen MR) is 99.7 cm³/mol. The van der Waals surface area contributed by atoms with Crippen LogP contribution in [0, 0.1) is 6.92 Å². The number of hydrogen-bond donors (Lipinski definition) is 1. The molecule has 1 aromatic rings. The predicted octanol–water partition coefficient (Wildman–Crippen LogP) is 5.10. The molecule has 0 spiro atoms. The molecule has 0 aliphatic rings. The molecular weight excluding hydrogens is 302 g/mol. The Hall–Kier alpha value is -1.55. The number of ether oxygens (including phenoxy) is 2. The van der Waals surface area contributed by atoms with Crippen LogP contribution in [0.25, 0.3) is 0 Å². The van der Waals surface area contributed by atoms with E-state index in [4.69, 9.17) is 9.47 Å². The molecule has 2 unspecified atom stereocenters. The second-order valence-electron chi connectivity index (χ2n) is 6.60. The second-order valence-corrected chi connectivity index (χ2v) is 6.60. The van der Waals surface area contributed by atoms with E-state index in [1.54, 1.807) is 0 Å². The molecule has 0 aromatic heterocycles. The fraction of sp³-hybridized carbons (Fsp3) is 0.650. The maximum absolute atomic E-state index is 12.7. The molecule has 4 heteroatoms. The van der Waals surface area contributed by atoms with Gasteiger partial charge in [-0.2, -0.15) is 0 Å². The van der Waals surface area contributed by atoms with E-state index in [0.29, 0.717) is 13.0 Å². The van der Waals surface area contributed by atoms with Gasteiger partial charge in [-0.3, -0.25) is 4.79 Å². The molecule has 0 saturated heterocycles. The number of amides is 1. The van der Waals surface area contributed by atoms with Gasteiger partial charge in [-0.1, -0.05) is 27.2 Å². The first kappa shape index (κ1) is 20.5. The minimum atomic E-state index is -0.787. The molecule has 2 atom stereocenters. The average Bonchev–Trinajstić information content (AvgIpc) is 2.55. The lowest BCUT2D eigenvalue weighted by Crippen LogP contribution is -2.43. The molecule has 0 aliphatic carbocycles. The van der Waals surface area contributed by atoms with Crippen LogP contribution in [-0.2, 0) is 9.53 Å². The maximum Gasteiger partial charge on any atom is 0.256 e. The molecule has 1 N–H and O–H groups in total. The molecule has 1 amide bonds. The molecule has 0 radical (unpaired) electrons. The zero-order chi connectivity index (χ0) is 18.2. The first-order valence-electron chi connectivity index (χ1n) is 9.09. The monoisotopic (exact) mass is 335 g/mol. The van der Waals surface area contributed by atoms with Crippen LogP contribution in [0.3, 0.4) is 0 Å². The fourth-order valence-corrected chi connectivity index (χ4v) is 2.48. The summed E-state index contributed by atoms with van der Waals surface area (Å²) in [6.07, 6.45) is 3.64. The molecule has 1 aromatic carbocycles. The zero-order valence-corrected chi connectivity index (χ0v) is 16.1. The number of benzene rings is 1. The van der Waals surface area contributed by atoms with Crippen molar-refractivity contribution in [3.8, 4) is 5.75 Å². The van der Waals surface area contributed by atoms with Gasteiger partial charge in [-0.25, -0.2) is 0 Å². The van der Waals surface area contributed by atoms with Crippen LogP contribution in [0.2, 0.25) is 0 Å². The highest BCUT2D eigenvalue weighted by Crippen LogP contribution is 2.26. The van der Waals surface area contributed by atoms with Crippen LogP contribution in [0.15, 0.2) is 18.2 Å². The Balaban J connectivity index is 2.83. The van der Waals surface area contributed by atoms with Gasteiger partial charge in [0.25, 0.3) is 5.91 Å². The summed E-state index contributed by atoms with van der Waals surface area (Å²) in [4.78, 5) is 12.7. The lowest BCUT2D eigenvalue weighted by molar-refractivity contribution is -0.140. The summed E-state index contributed by atoms with van der Waals surface area (Å²) in [6.45, 7) is 12.7. The van der Waals surface area contributed by atoms with Crippen LogP contribution in [-0.4, -0.2) is 24.2 Å². The Morgan fingerprint density at radius 1 is 1.25 bits per heavy atom. The van der Waals surface area contributed by atoms with E-state index in [-0.39, 0.29) is 12.0 Å². The van der Waals surface area contributed by atoms with Gasteiger partial charge in [0.2, 0.25) is 0 Å². The van der Waals surface area contributed by atoms with Crippen molar-refractivity contribution in [3.05, 3.63) is 23.8 Å². The molecule has 136 valence electrons. The van der Waals surface area contributed by atoms with E-state index < -0.39 is 5.60 Å². The number of nitrogens with one attached hydrogen (secondary N) is 1. The van der Waals surface area contributed by atoms with E-state index in [0.717, 1.165) is 36.3 Å². The van der Waals surface area contributed by atoms with Crippen molar-refractivity contribution in [3.63, 3.8) is 0 Å². The van der Waals surface area contributed by atoms with Crippen LogP contribution in [0.5, 0.6) is 5.75 Å². The van der Waals surface area contributed by atoms with Gasteiger partial charge in [0.05, 0.1) is 6.10 Å². The number of carbonyl (C=O) groups is 1. The molecule has 0 saturated carbocycles. The van der Waals surface area contributed by atoms with E-state index >= 15 is 0 Å². The third kappa shape index (κ3) is 5.82. The fourth-order valence-electron chi connectivity index (χ4n) is 2.48. The van der Waals surface area contributed by atoms with Crippen molar-refractivity contribution in [1.82, 2.24) is 0 Å². The highest BCUT2D eigenvalue weighted by atomic mass is 16.5. The molecule has 4 nitrogen and oxygen atoms in total. The summed E-state index contributed by atoms with van der Waals surface area (Å²) in [5.74, 6) is 0.772. The van der Waals surface area contributed by atoms with Gasteiger partial charge in [-0.05, 0) is 63.8 Å². The standard InChI is InChI=1S/C20H33NO3/c1-7-12-20(6,23-13-8-2)19(22)21-17-10-11-18(15(4)14-17)24-16(5)9-3/h10-11,14,16H,7-9,12-13H2,1-6H3,(H,21,22). The molecular formula is C20H33NO3. The number of rotatable bonds is 10. The van der Waals surface area contributed by atoms with Crippen molar-refractivity contribution >= 4 is 11.6 Å². The van der Waals surface area contributed by atoms with Gasteiger partial charge >= 0.3 is 0 Å². The largest absolute Gasteiger partial charge is 0.490 e. The second kappa shape index (κ2) is 9.67. The topological polar surface area (TPSA) is 47.6 Å². The molecule has 0 bridgehead atoms. The van der Waals surface area contributed by atoms with E-state index in [1.165, 1.54) is 0 Å². The summed E-state index contributed by atoms with van der Waals surface area (Å²) in [5, 5.41) is 2.99. The van der Waals surface area contributed by atoms with Crippen LogP contribution < -0.4 is 10.1 Å². The third-order valence-electron chi connectivity index (χ3n) is 4.17. The average molecular weight is 335 g/mol. The molecule has 0 aliphatic heterocycles. The van der Waals surface area contributed by atoms with Gasteiger partial charge < -0.3 is 14.8 Å². The van der Waals surface area contributed by atoms with Gasteiger partial charge in [0.15, 0.2) is 0 Å². The normalized spacial score (nSPS) is 14.8. The zero-order valence-electron chi connectivity index (χ0n) is 16.1. The highest BCUT2D eigenvalue weighted by Gasteiger charge is 2.33. The first-order valence-corrected chi connectivity index (χ1v) is 9.09. The molecule has 0 heterocycles. The number of hydrogen-bond acceptors (Lipinski definition) is 3. The van der Waals surface area contributed by atoms with Crippen LogP contribution in [0.1, 0.15) is 65.9 Å². The Labute approximate surface area is 146 Å². The van der Waals surface area contributed by atoms with E-state index in [2.05, 4.69) is 26.1 Å². The van der Waals surface area contributed by atoms with Crippen LogP contribution >= 0.6 is 0 Å². The summed E-state index contributed by atoms with van der Waals surface area (Å²) in [5.41, 5.74) is 1.00.